The molecule has 0 aromatic heterocycles. The predicted molar refractivity (Wildman–Crippen MR) is 79.8 cm³/mol. The van der Waals surface area contributed by atoms with Crippen LogP contribution in [0.5, 0.6) is 0 Å². The van der Waals surface area contributed by atoms with Gasteiger partial charge in [0.1, 0.15) is 0 Å². The SMILES string of the molecule is CC1(C)CCN(C(=O)c2cc(N)c(Cl)c(Cl)c2)CC1. The molecule has 1 aliphatic heterocycles. The molecule has 19 heavy (non-hydrogen) atoms. The molecule has 2 rings (SSSR count). The molecule has 0 saturated carbocycles. The summed E-state index contributed by atoms with van der Waals surface area (Å²) >= 11 is 11.9. The first-order chi connectivity index (χ1) is 8.80. The predicted octanol–water partition coefficient (Wildman–Crippen LogP) is 3.84. The van der Waals surface area contributed by atoms with E-state index < -0.39 is 0 Å². The van der Waals surface area contributed by atoms with Crippen molar-refractivity contribution in [3.8, 4) is 0 Å². The van der Waals surface area contributed by atoms with E-state index in [0.29, 0.717) is 26.7 Å². The molecule has 0 radical (unpaired) electrons. The fourth-order valence-electron chi connectivity index (χ4n) is 2.23. The summed E-state index contributed by atoms with van der Waals surface area (Å²) in [7, 11) is 0. The Morgan fingerprint density at radius 2 is 1.84 bits per heavy atom. The minimum absolute atomic E-state index is 0.0271. The van der Waals surface area contributed by atoms with Gasteiger partial charge in [0.2, 0.25) is 0 Å². The molecule has 5 heteroatoms. The summed E-state index contributed by atoms with van der Waals surface area (Å²) in [5.41, 5.74) is 6.91. The van der Waals surface area contributed by atoms with E-state index in [-0.39, 0.29) is 5.91 Å². The number of anilines is 1. The van der Waals surface area contributed by atoms with Crippen molar-refractivity contribution in [2.75, 3.05) is 18.8 Å². The third kappa shape index (κ3) is 3.15. The molecule has 2 N–H and O–H groups in total. The van der Waals surface area contributed by atoms with E-state index in [0.717, 1.165) is 25.9 Å². The molecule has 0 bridgehead atoms. The average molecular weight is 301 g/mol. The Morgan fingerprint density at radius 1 is 1.26 bits per heavy atom. The van der Waals surface area contributed by atoms with Crippen LogP contribution in [0.15, 0.2) is 12.1 Å². The van der Waals surface area contributed by atoms with Gasteiger partial charge in [-0.05, 0) is 30.4 Å². The summed E-state index contributed by atoms with van der Waals surface area (Å²) in [6, 6.07) is 3.18. The molecule has 1 aromatic carbocycles. The molecule has 1 aliphatic rings. The summed E-state index contributed by atoms with van der Waals surface area (Å²) in [6.07, 6.45) is 2.02. The number of amides is 1. The van der Waals surface area contributed by atoms with Crippen molar-refractivity contribution in [2.24, 2.45) is 5.41 Å². The maximum atomic E-state index is 12.4. The van der Waals surface area contributed by atoms with E-state index >= 15 is 0 Å². The molecule has 0 atom stereocenters. The summed E-state index contributed by atoms with van der Waals surface area (Å²) in [4.78, 5) is 14.2. The van der Waals surface area contributed by atoms with Gasteiger partial charge in [0.15, 0.2) is 0 Å². The molecule has 0 aliphatic carbocycles. The van der Waals surface area contributed by atoms with Gasteiger partial charge in [-0.25, -0.2) is 0 Å². The Kier molecular flexibility index (Phi) is 3.98. The Bertz CT molecular complexity index is 481. The number of halogens is 2. The lowest BCUT2D eigenvalue weighted by atomic mass is 9.82. The fraction of sp³-hybridized carbons (Fsp3) is 0.500. The van der Waals surface area contributed by atoms with Gasteiger partial charge >= 0.3 is 0 Å². The number of benzene rings is 1. The lowest BCUT2D eigenvalue weighted by molar-refractivity contribution is 0.0630. The van der Waals surface area contributed by atoms with Crippen LogP contribution in [-0.2, 0) is 0 Å². The highest BCUT2D eigenvalue weighted by Crippen LogP contribution is 2.32. The first kappa shape index (κ1) is 14.5. The number of hydrogen-bond donors (Lipinski definition) is 1. The second-order valence-corrected chi connectivity index (χ2v) is 6.60. The molecule has 0 spiro atoms. The Morgan fingerprint density at radius 3 is 2.37 bits per heavy atom. The highest BCUT2D eigenvalue weighted by Gasteiger charge is 2.28. The number of nitrogen functional groups attached to an aromatic ring is 1. The van der Waals surface area contributed by atoms with Crippen molar-refractivity contribution < 1.29 is 4.79 Å². The zero-order valence-corrected chi connectivity index (χ0v) is 12.7. The quantitative estimate of drug-likeness (QED) is 0.801. The smallest absolute Gasteiger partial charge is 0.253 e. The summed E-state index contributed by atoms with van der Waals surface area (Å²) < 4.78 is 0. The van der Waals surface area contributed by atoms with Crippen LogP contribution in [0, 0.1) is 5.41 Å². The van der Waals surface area contributed by atoms with Crippen molar-refractivity contribution in [3.63, 3.8) is 0 Å². The van der Waals surface area contributed by atoms with Crippen molar-refractivity contribution in [1.29, 1.82) is 0 Å². The number of carbonyl (C=O) groups is 1. The van der Waals surface area contributed by atoms with E-state index in [9.17, 15) is 4.79 Å². The maximum Gasteiger partial charge on any atom is 0.253 e. The highest BCUT2D eigenvalue weighted by atomic mass is 35.5. The summed E-state index contributed by atoms with van der Waals surface area (Å²) in [5.74, 6) is -0.0271. The van der Waals surface area contributed by atoms with Gasteiger partial charge in [-0.2, -0.15) is 0 Å². The molecule has 3 nitrogen and oxygen atoms in total. The minimum atomic E-state index is -0.0271. The van der Waals surface area contributed by atoms with Crippen LogP contribution in [-0.4, -0.2) is 23.9 Å². The van der Waals surface area contributed by atoms with Gasteiger partial charge in [-0.1, -0.05) is 37.0 Å². The highest BCUT2D eigenvalue weighted by molar-refractivity contribution is 6.43. The normalized spacial score (nSPS) is 18.4. The number of hydrogen-bond acceptors (Lipinski definition) is 2. The molecular weight excluding hydrogens is 283 g/mol. The van der Waals surface area contributed by atoms with E-state index in [1.807, 2.05) is 4.90 Å². The molecule has 1 aromatic rings. The number of likely N-dealkylation sites (tertiary alicyclic amines) is 1. The van der Waals surface area contributed by atoms with Crippen LogP contribution in [0.3, 0.4) is 0 Å². The zero-order chi connectivity index (χ0) is 14.2. The second kappa shape index (κ2) is 5.22. The van der Waals surface area contributed by atoms with Crippen molar-refractivity contribution >= 4 is 34.8 Å². The van der Waals surface area contributed by atoms with E-state index in [1.54, 1.807) is 12.1 Å². The van der Waals surface area contributed by atoms with Crippen LogP contribution < -0.4 is 5.73 Å². The first-order valence-electron chi connectivity index (χ1n) is 6.34. The van der Waals surface area contributed by atoms with E-state index in [2.05, 4.69) is 13.8 Å². The Balaban J connectivity index is 2.17. The largest absolute Gasteiger partial charge is 0.397 e. The third-order valence-corrected chi connectivity index (χ3v) is 4.52. The zero-order valence-electron chi connectivity index (χ0n) is 11.2. The lowest BCUT2D eigenvalue weighted by Gasteiger charge is -2.37. The molecule has 0 unspecified atom stereocenters. The van der Waals surface area contributed by atoms with Gasteiger partial charge in [0.25, 0.3) is 5.91 Å². The fourth-order valence-corrected chi connectivity index (χ4v) is 2.57. The Labute approximate surface area is 123 Å². The maximum absolute atomic E-state index is 12.4. The lowest BCUT2D eigenvalue weighted by Crippen LogP contribution is -2.41. The Hall–Kier alpha value is -0.930. The molecule has 104 valence electrons. The number of rotatable bonds is 1. The number of nitrogens with two attached hydrogens (primary N) is 1. The minimum Gasteiger partial charge on any atom is -0.397 e. The average Bonchev–Trinajstić information content (AvgIpc) is 2.34. The molecule has 1 heterocycles. The van der Waals surface area contributed by atoms with Gasteiger partial charge < -0.3 is 10.6 Å². The molecular formula is C14H18Cl2N2O. The van der Waals surface area contributed by atoms with Gasteiger partial charge in [-0.3, -0.25) is 4.79 Å². The second-order valence-electron chi connectivity index (χ2n) is 5.82. The van der Waals surface area contributed by atoms with Crippen molar-refractivity contribution in [2.45, 2.75) is 26.7 Å². The summed E-state index contributed by atoms with van der Waals surface area (Å²) in [6.45, 7) is 6.00. The molecule has 1 saturated heterocycles. The molecule has 1 fully saturated rings. The first-order valence-corrected chi connectivity index (χ1v) is 7.09. The monoisotopic (exact) mass is 300 g/mol. The van der Waals surface area contributed by atoms with Gasteiger partial charge in [-0.15, -0.1) is 0 Å². The van der Waals surface area contributed by atoms with Crippen molar-refractivity contribution in [3.05, 3.63) is 27.7 Å². The van der Waals surface area contributed by atoms with E-state index in [4.69, 9.17) is 28.9 Å². The number of carbonyl (C=O) groups excluding carboxylic acids is 1. The van der Waals surface area contributed by atoms with Crippen LogP contribution >= 0.6 is 23.2 Å². The topological polar surface area (TPSA) is 46.3 Å². The molecule has 1 amide bonds. The number of piperidine rings is 1. The van der Waals surface area contributed by atoms with Crippen LogP contribution in [0.1, 0.15) is 37.0 Å². The summed E-state index contributed by atoms with van der Waals surface area (Å²) in [5, 5.41) is 0.625. The van der Waals surface area contributed by atoms with Gasteiger partial charge in [0, 0.05) is 18.7 Å². The van der Waals surface area contributed by atoms with Crippen LogP contribution in [0.2, 0.25) is 10.0 Å². The number of nitrogens with zero attached hydrogens (tertiary/aromatic N) is 1. The third-order valence-electron chi connectivity index (χ3n) is 3.71. The van der Waals surface area contributed by atoms with Crippen LogP contribution in [0.25, 0.3) is 0 Å². The van der Waals surface area contributed by atoms with Gasteiger partial charge in [0.05, 0.1) is 15.7 Å². The van der Waals surface area contributed by atoms with Crippen LogP contribution in [0.4, 0.5) is 5.69 Å². The standard InChI is InChI=1S/C14H18Cl2N2O/c1-14(2)3-5-18(6-4-14)13(19)9-7-10(15)12(16)11(17)8-9/h7-8H,3-6,17H2,1-2H3. The van der Waals surface area contributed by atoms with E-state index in [1.165, 1.54) is 0 Å². The van der Waals surface area contributed by atoms with Crippen molar-refractivity contribution in [1.82, 2.24) is 4.90 Å².